The Balaban J connectivity index is 2.03. The SMILES string of the molecule is Cc1ccnc(OCC2CCCC2)c1C#N. The molecule has 16 heavy (non-hydrogen) atoms. The predicted octanol–water partition coefficient (Wildman–Crippen LogP) is 2.83. The summed E-state index contributed by atoms with van der Waals surface area (Å²) in [5, 5.41) is 9.02. The van der Waals surface area contributed by atoms with E-state index in [0.717, 1.165) is 5.56 Å². The first-order chi connectivity index (χ1) is 7.81. The molecule has 0 bridgehead atoms. The molecule has 0 unspecified atom stereocenters. The summed E-state index contributed by atoms with van der Waals surface area (Å²) in [5.74, 6) is 1.14. The topological polar surface area (TPSA) is 45.9 Å². The number of hydrogen-bond acceptors (Lipinski definition) is 3. The maximum absolute atomic E-state index is 9.02. The van der Waals surface area contributed by atoms with Crippen LogP contribution in [0.2, 0.25) is 0 Å². The van der Waals surface area contributed by atoms with Gasteiger partial charge in [0, 0.05) is 6.20 Å². The number of nitrogens with zero attached hydrogens (tertiary/aromatic N) is 2. The van der Waals surface area contributed by atoms with E-state index in [4.69, 9.17) is 10.00 Å². The van der Waals surface area contributed by atoms with Gasteiger partial charge in [0.15, 0.2) is 0 Å². The molecule has 0 radical (unpaired) electrons. The van der Waals surface area contributed by atoms with Crippen molar-refractivity contribution in [2.45, 2.75) is 32.6 Å². The summed E-state index contributed by atoms with van der Waals surface area (Å²) in [6, 6.07) is 3.99. The number of pyridine rings is 1. The zero-order valence-electron chi connectivity index (χ0n) is 9.57. The summed E-state index contributed by atoms with van der Waals surface area (Å²) in [5.41, 5.74) is 1.50. The second-order valence-electron chi connectivity index (χ2n) is 4.38. The first-order valence-electron chi connectivity index (χ1n) is 5.79. The second kappa shape index (κ2) is 4.98. The second-order valence-corrected chi connectivity index (χ2v) is 4.38. The average Bonchev–Trinajstić information content (AvgIpc) is 2.79. The van der Waals surface area contributed by atoms with Crippen LogP contribution in [-0.4, -0.2) is 11.6 Å². The molecule has 0 N–H and O–H groups in total. The number of aromatic nitrogens is 1. The fraction of sp³-hybridized carbons (Fsp3) is 0.538. The van der Waals surface area contributed by atoms with E-state index in [-0.39, 0.29) is 0 Å². The Morgan fingerprint density at radius 1 is 1.50 bits per heavy atom. The lowest BCUT2D eigenvalue weighted by molar-refractivity contribution is 0.243. The van der Waals surface area contributed by atoms with Crippen LogP contribution in [0.15, 0.2) is 12.3 Å². The minimum Gasteiger partial charge on any atom is -0.476 e. The molecule has 0 aromatic carbocycles. The molecule has 0 saturated heterocycles. The highest BCUT2D eigenvalue weighted by atomic mass is 16.5. The van der Waals surface area contributed by atoms with Crippen molar-refractivity contribution in [3.8, 4) is 11.9 Å². The number of ether oxygens (including phenoxy) is 1. The van der Waals surface area contributed by atoms with Crippen molar-refractivity contribution in [1.82, 2.24) is 4.98 Å². The Bertz CT molecular complexity index is 403. The Kier molecular flexibility index (Phi) is 3.40. The molecule has 1 aromatic heterocycles. The normalized spacial score (nSPS) is 16.0. The molecule has 3 nitrogen and oxygen atoms in total. The standard InChI is InChI=1S/C13H16N2O/c1-10-6-7-15-13(12(10)8-14)16-9-11-4-2-3-5-11/h6-7,11H,2-5,9H2,1H3. The van der Waals surface area contributed by atoms with Gasteiger partial charge in [0.25, 0.3) is 0 Å². The van der Waals surface area contributed by atoms with Crippen LogP contribution < -0.4 is 4.74 Å². The highest BCUT2D eigenvalue weighted by Gasteiger charge is 2.17. The minimum absolute atomic E-state index is 0.495. The molecule has 1 aliphatic carbocycles. The molecule has 2 rings (SSSR count). The third-order valence-corrected chi connectivity index (χ3v) is 3.17. The first kappa shape index (κ1) is 10.9. The minimum atomic E-state index is 0.495. The summed E-state index contributed by atoms with van der Waals surface area (Å²) < 4.78 is 5.66. The number of hydrogen-bond donors (Lipinski definition) is 0. The molecule has 0 spiro atoms. The zero-order chi connectivity index (χ0) is 11.4. The Morgan fingerprint density at radius 3 is 2.94 bits per heavy atom. The highest BCUT2D eigenvalue weighted by molar-refractivity contribution is 5.43. The van der Waals surface area contributed by atoms with E-state index in [0.29, 0.717) is 24.0 Å². The molecule has 1 fully saturated rings. The molecule has 1 aromatic rings. The third-order valence-electron chi connectivity index (χ3n) is 3.17. The quantitative estimate of drug-likeness (QED) is 0.780. The molecule has 0 amide bonds. The van der Waals surface area contributed by atoms with Crippen molar-refractivity contribution < 1.29 is 4.74 Å². The number of nitriles is 1. The van der Waals surface area contributed by atoms with E-state index in [9.17, 15) is 0 Å². The van der Waals surface area contributed by atoms with Gasteiger partial charge in [-0.2, -0.15) is 5.26 Å². The Labute approximate surface area is 96.1 Å². The summed E-state index contributed by atoms with van der Waals surface area (Å²) >= 11 is 0. The van der Waals surface area contributed by atoms with E-state index in [2.05, 4.69) is 11.1 Å². The summed E-state index contributed by atoms with van der Waals surface area (Å²) in [4.78, 5) is 4.13. The largest absolute Gasteiger partial charge is 0.476 e. The zero-order valence-corrected chi connectivity index (χ0v) is 9.57. The van der Waals surface area contributed by atoms with Gasteiger partial charge in [0.2, 0.25) is 5.88 Å². The lowest BCUT2D eigenvalue weighted by atomic mass is 10.1. The van der Waals surface area contributed by atoms with Gasteiger partial charge < -0.3 is 4.74 Å². The van der Waals surface area contributed by atoms with Crippen molar-refractivity contribution in [2.75, 3.05) is 6.61 Å². The van der Waals surface area contributed by atoms with Gasteiger partial charge in [-0.05, 0) is 37.3 Å². The van der Waals surface area contributed by atoms with E-state index < -0.39 is 0 Å². The fourth-order valence-corrected chi connectivity index (χ4v) is 2.15. The Morgan fingerprint density at radius 2 is 2.25 bits per heavy atom. The molecule has 1 aliphatic rings. The number of rotatable bonds is 3. The van der Waals surface area contributed by atoms with Crippen molar-refractivity contribution in [3.05, 3.63) is 23.4 Å². The van der Waals surface area contributed by atoms with Crippen LogP contribution in [0.1, 0.15) is 36.8 Å². The first-order valence-corrected chi connectivity index (χ1v) is 5.79. The average molecular weight is 216 g/mol. The van der Waals surface area contributed by atoms with Gasteiger partial charge >= 0.3 is 0 Å². The molecule has 84 valence electrons. The smallest absolute Gasteiger partial charge is 0.231 e. The van der Waals surface area contributed by atoms with Gasteiger partial charge in [-0.25, -0.2) is 4.98 Å². The summed E-state index contributed by atoms with van der Waals surface area (Å²) in [6.07, 6.45) is 6.79. The van der Waals surface area contributed by atoms with Crippen molar-refractivity contribution >= 4 is 0 Å². The van der Waals surface area contributed by atoms with Crippen LogP contribution in [0.4, 0.5) is 0 Å². The van der Waals surface area contributed by atoms with Gasteiger partial charge in [-0.1, -0.05) is 12.8 Å². The molecule has 1 heterocycles. The van der Waals surface area contributed by atoms with E-state index in [1.54, 1.807) is 6.20 Å². The molecular weight excluding hydrogens is 200 g/mol. The Hall–Kier alpha value is -1.56. The lowest BCUT2D eigenvalue weighted by Crippen LogP contribution is -2.10. The van der Waals surface area contributed by atoms with Crippen LogP contribution in [0.3, 0.4) is 0 Å². The molecular formula is C13H16N2O. The van der Waals surface area contributed by atoms with Gasteiger partial charge in [-0.3, -0.25) is 0 Å². The van der Waals surface area contributed by atoms with E-state index in [1.165, 1.54) is 25.7 Å². The van der Waals surface area contributed by atoms with Crippen molar-refractivity contribution in [1.29, 1.82) is 5.26 Å². The highest BCUT2D eigenvalue weighted by Crippen LogP contribution is 2.26. The maximum atomic E-state index is 9.02. The monoisotopic (exact) mass is 216 g/mol. The predicted molar refractivity (Wildman–Crippen MR) is 61.1 cm³/mol. The molecule has 1 saturated carbocycles. The molecule has 0 atom stereocenters. The van der Waals surface area contributed by atoms with Crippen LogP contribution in [-0.2, 0) is 0 Å². The summed E-state index contributed by atoms with van der Waals surface area (Å²) in [6.45, 7) is 2.60. The lowest BCUT2D eigenvalue weighted by Gasteiger charge is -2.11. The van der Waals surface area contributed by atoms with Crippen LogP contribution in [0.25, 0.3) is 0 Å². The van der Waals surface area contributed by atoms with Gasteiger partial charge in [-0.15, -0.1) is 0 Å². The van der Waals surface area contributed by atoms with Crippen molar-refractivity contribution in [2.24, 2.45) is 5.92 Å². The van der Waals surface area contributed by atoms with Crippen molar-refractivity contribution in [3.63, 3.8) is 0 Å². The van der Waals surface area contributed by atoms with Crippen LogP contribution in [0.5, 0.6) is 5.88 Å². The van der Waals surface area contributed by atoms with Crippen LogP contribution >= 0.6 is 0 Å². The van der Waals surface area contributed by atoms with E-state index in [1.807, 2.05) is 13.0 Å². The third kappa shape index (κ3) is 2.33. The van der Waals surface area contributed by atoms with Gasteiger partial charge in [0.05, 0.1) is 6.61 Å². The molecule has 0 aliphatic heterocycles. The molecule has 3 heteroatoms. The van der Waals surface area contributed by atoms with Crippen LogP contribution in [0, 0.1) is 24.2 Å². The van der Waals surface area contributed by atoms with E-state index >= 15 is 0 Å². The summed E-state index contributed by atoms with van der Waals surface area (Å²) in [7, 11) is 0. The number of aryl methyl sites for hydroxylation is 1. The maximum Gasteiger partial charge on any atom is 0.231 e. The fourth-order valence-electron chi connectivity index (χ4n) is 2.15. The van der Waals surface area contributed by atoms with Gasteiger partial charge in [0.1, 0.15) is 11.6 Å².